The molecule has 0 amide bonds. The first-order valence-corrected chi connectivity index (χ1v) is 6.74. The van der Waals surface area contributed by atoms with Gasteiger partial charge in [-0.25, -0.2) is 0 Å². The second kappa shape index (κ2) is 8.07. The van der Waals surface area contributed by atoms with Gasteiger partial charge in [-0.1, -0.05) is 43.6 Å². The van der Waals surface area contributed by atoms with E-state index in [0.717, 1.165) is 6.54 Å². The molecule has 3 nitrogen and oxygen atoms in total. The van der Waals surface area contributed by atoms with E-state index in [4.69, 9.17) is 0 Å². The van der Waals surface area contributed by atoms with E-state index in [9.17, 15) is 4.79 Å². The molecule has 0 heterocycles. The number of carbonyl (C=O) groups is 1. The van der Waals surface area contributed by atoms with Gasteiger partial charge in [-0.15, -0.1) is 0 Å². The molecule has 0 aromatic carbocycles. The molecule has 1 N–H and O–H groups in total. The monoisotopic (exact) mass is 293 g/mol. The summed E-state index contributed by atoms with van der Waals surface area (Å²) >= 11 is 3.29. The highest BCUT2D eigenvalue weighted by atomic mass is 79.9. The van der Waals surface area contributed by atoms with Crippen LogP contribution in [0, 0.1) is 17.8 Å². The molecule has 96 valence electrons. The van der Waals surface area contributed by atoms with Gasteiger partial charge in [0.1, 0.15) is 4.83 Å². The number of methoxy groups -OCH3 is 1. The number of hydrogen-bond acceptors (Lipinski definition) is 3. The predicted octanol–water partition coefficient (Wildman–Crippen LogP) is 2.44. The SMILES string of the molecule is COC(=O)C(Br)CNCC(C(C)C)C(C)C. The molecular weight excluding hydrogens is 270 g/mol. The van der Waals surface area contributed by atoms with Crippen LogP contribution in [0.1, 0.15) is 27.7 Å². The molecule has 0 aromatic rings. The van der Waals surface area contributed by atoms with Crippen LogP contribution in [0.2, 0.25) is 0 Å². The first-order valence-electron chi connectivity index (χ1n) is 5.82. The van der Waals surface area contributed by atoms with Crippen molar-refractivity contribution in [2.24, 2.45) is 17.8 Å². The van der Waals surface area contributed by atoms with Crippen molar-refractivity contribution in [2.45, 2.75) is 32.5 Å². The fourth-order valence-electron chi connectivity index (χ4n) is 1.83. The summed E-state index contributed by atoms with van der Waals surface area (Å²) in [5, 5.41) is 3.32. The second-order valence-electron chi connectivity index (χ2n) is 4.80. The number of nitrogens with one attached hydrogen (secondary N) is 1. The highest BCUT2D eigenvalue weighted by Crippen LogP contribution is 2.19. The lowest BCUT2D eigenvalue weighted by molar-refractivity contribution is -0.139. The van der Waals surface area contributed by atoms with Crippen LogP contribution in [0.4, 0.5) is 0 Å². The smallest absolute Gasteiger partial charge is 0.320 e. The highest BCUT2D eigenvalue weighted by Gasteiger charge is 2.19. The molecule has 0 aliphatic heterocycles. The number of ether oxygens (including phenoxy) is 1. The Morgan fingerprint density at radius 1 is 1.19 bits per heavy atom. The van der Waals surface area contributed by atoms with Crippen LogP contribution in [0.3, 0.4) is 0 Å². The Morgan fingerprint density at radius 3 is 2.06 bits per heavy atom. The summed E-state index contributed by atoms with van der Waals surface area (Å²) in [6.07, 6.45) is 0. The molecule has 1 atom stereocenters. The molecule has 1 unspecified atom stereocenters. The summed E-state index contributed by atoms with van der Waals surface area (Å²) in [7, 11) is 1.40. The number of carbonyl (C=O) groups excluding carboxylic acids is 1. The standard InChI is InChI=1S/C12H24BrNO2/c1-8(2)10(9(3)4)6-14-7-11(13)12(15)16-5/h8-11,14H,6-7H2,1-5H3. The quantitative estimate of drug-likeness (QED) is 0.579. The second-order valence-corrected chi connectivity index (χ2v) is 5.91. The zero-order valence-electron chi connectivity index (χ0n) is 10.9. The average Bonchev–Trinajstić information content (AvgIpc) is 2.21. The highest BCUT2D eigenvalue weighted by molar-refractivity contribution is 9.10. The van der Waals surface area contributed by atoms with E-state index in [1.165, 1.54) is 7.11 Å². The van der Waals surface area contributed by atoms with Crippen molar-refractivity contribution < 1.29 is 9.53 Å². The fraction of sp³-hybridized carbons (Fsp3) is 0.917. The van der Waals surface area contributed by atoms with Crippen molar-refractivity contribution >= 4 is 21.9 Å². The third kappa shape index (κ3) is 5.85. The summed E-state index contributed by atoms with van der Waals surface area (Å²) in [4.78, 5) is 10.9. The molecular formula is C12H24BrNO2. The van der Waals surface area contributed by atoms with Gasteiger partial charge in [-0.05, 0) is 24.3 Å². The third-order valence-electron chi connectivity index (χ3n) is 2.87. The Balaban J connectivity index is 3.91. The van der Waals surface area contributed by atoms with Gasteiger partial charge in [0.2, 0.25) is 0 Å². The molecule has 16 heavy (non-hydrogen) atoms. The van der Waals surface area contributed by atoms with Gasteiger partial charge in [0.15, 0.2) is 0 Å². The van der Waals surface area contributed by atoms with Gasteiger partial charge in [0.25, 0.3) is 0 Å². The van der Waals surface area contributed by atoms with Crippen molar-refractivity contribution in [1.29, 1.82) is 0 Å². The summed E-state index contributed by atoms with van der Waals surface area (Å²) < 4.78 is 4.64. The Kier molecular flexibility index (Phi) is 8.02. The van der Waals surface area contributed by atoms with Crippen molar-refractivity contribution in [3.05, 3.63) is 0 Å². The van der Waals surface area contributed by atoms with Gasteiger partial charge in [0, 0.05) is 6.54 Å². The molecule has 0 aromatic heterocycles. The summed E-state index contributed by atoms with van der Waals surface area (Å²) in [5.41, 5.74) is 0. The number of esters is 1. The normalized spacial score (nSPS) is 13.6. The molecule has 0 fully saturated rings. The first kappa shape index (κ1) is 15.9. The zero-order valence-corrected chi connectivity index (χ0v) is 12.5. The predicted molar refractivity (Wildman–Crippen MR) is 70.8 cm³/mol. The minimum atomic E-state index is -0.252. The minimum Gasteiger partial charge on any atom is -0.468 e. The molecule has 0 saturated heterocycles. The van der Waals surface area contributed by atoms with E-state index in [2.05, 4.69) is 53.7 Å². The van der Waals surface area contributed by atoms with Crippen molar-refractivity contribution in [1.82, 2.24) is 5.32 Å². The topological polar surface area (TPSA) is 38.3 Å². The van der Waals surface area contributed by atoms with Crippen LogP contribution in [0.5, 0.6) is 0 Å². The molecule has 4 heteroatoms. The average molecular weight is 294 g/mol. The number of halogens is 1. The lowest BCUT2D eigenvalue weighted by Crippen LogP contribution is -2.35. The van der Waals surface area contributed by atoms with Crippen LogP contribution in [-0.4, -0.2) is 31.0 Å². The molecule has 0 rings (SSSR count). The van der Waals surface area contributed by atoms with Gasteiger partial charge < -0.3 is 10.1 Å². The van der Waals surface area contributed by atoms with E-state index >= 15 is 0 Å². The molecule has 0 aliphatic rings. The Morgan fingerprint density at radius 2 is 1.69 bits per heavy atom. The molecule has 0 spiro atoms. The molecule has 0 radical (unpaired) electrons. The van der Waals surface area contributed by atoms with Crippen LogP contribution >= 0.6 is 15.9 Å². The van der Waals surface area contributed by atoms with Crippen LogP contribution in [0.25, 0.3) is 0 Å². The lowest BCUT2D eigenvalue weighted by Gasteiger charge is -2.25. The Labute approximate surface area is 107 Å². The van der Waals surface area contributed by atoms with Crippen LogP contribution in [0.15, 0.2) is 0 Å². The Hall–Kier alpha value is -0.0900. The van der Waals surface area contributed by atoms with E-state index in [1.807, 2.05) is 0 Å². The zero-order chi connectivity index (χ0) is 12.7. The van der Waals surface area contributed by atoms with Gasteiger partial charge >= 0.3 is 5.97 Å². The van der Waals surface area contributed by atoms with Crippen molar-refractivity contribution in [3.8, 4) is 0 Å². The maximum absolute atomic E-state index is 11.1. The van der Waals surface area contributed by atoms with Crippen molar-refractivity contribution in [3.63, 3.8) is 0 Å². The van der Waals surface area contributed by atoms with E-state index in [-0.39, 0.29) is 10.8 Å². The Bertz CT molecular complexity index is 199. The van der Waals surface area contributed by atoms with Gasteiger partial charge in [0.05, 0.1) is 7.11 Å². The van der Waals surface area contributed by atoms with E-state index in [0.29, 0.717) is 24.3 Å². The third-order valence-corrected chi connectivity index (χ3v) is 3.57. The van der Waals surface area contributed by atoms with E-state index < -0.39 is 0 Å². The fourth-order valence-corrected chi connectivity index (χ4v) is 2.24. The van der Waals surface area contributed by atoms with Crippen LogP contribution in [-0.2, 0) is 9.53 Å². The maximum Gasteiger partial charge on any atom is 0.320 e. The first-order chi connectivity index (χ1) is 7.40. The minimum absolute atomic E-state index is 0.224. The largest absolute Gasteiger partial charge is 0.468 e. The molecule has 0 saturated carbocycles. The summed E-state index contributed by atoms with van der Waals surface area (Å²) in [5.74, 6) is 1.72. The number of hydrogen-bond donors (Lipinski definition) is 1. The van der Waals surface area contributed by atoms with Crippen molar-refractivity contribution in [2.75, 3.05) is 20.2 Å². The maximum atomic E-state index is 11.1. The lowest BCUT2D eigenvalue weighted by atomic mass is 9.85. The van der Waals surface area contributed by atoms with Gasteiger partial charge in [-0.2, -0.15) is 0 Å². The summed E-state index contributed by atoms with van der Waals surface area (Å²) in [6.45, 7) is 10.5. The molecule has 0 bridgehead atoms. The molecule has 0 aliphatic carbocycles. The van der Waals surface area contributed by atoms with Gasteiger partial charge in [-0.3, -0.25) is 4.79 Å². The van der Waals surface area contributed by atoms with Crippen LogP contribution < -0.4 is 5.32 Å². The summed E-state index contributed by atoms with van der Waals surface area (Å²) in [6, 6.07) is 0. The van der Waals surface area contributed by atoms with E-state index in [1.54, 1.807) is 0 Å². The number of alkyl halides is 1. The number of rotatable bonds is 7.